The molecule has 0 aromatic carbocycles. The molecular formula is C14H21N5O. The number of aromatic nitrogens is 4. The Morgan fingerprint density at radius 2 is 2.20 bits per heavy atom. The Morgan fingerprint density at radius 3 is 2.80 bits per heavy atom. The van der Waals surface area contributed by atoms with Gasteiger partial charge in [-0.05, 0) is 13.5 Å². The average Bonchev–Trinajstić information content (AvgIpc) is 2.82. The number of nitrogens with zero attached hydrogens (tertiary/aromatic N) is 3. The summed E-state index contributed by atoms with van der Waals surface area (Å²) in [7, 11) is 0. The van der Waals surface area contributed by atoms with E-state index in [0.29, 0.717) is 18.2 Å². The van der Waals surface area contributed by atoms with Crippen molar-refractivity contribution in [2.24, 2.45) is 0 Å². The normalized spacial score (nSPS) is 11.1. The van der Waals surface area contributed by atoms with Crippen molar-refractivity contribution in [2.75, 3.05) is 6.54 Å². The minimum absolute atomic E-state index is 0.289. The van der Waals surface area contributed by atoms with Crippen molar-refractivity contribution in [3.05, 3.63) is 29.5 Å². The third-order valence-electron chi connectivity index (χ3n) is 2.80. The number of aryl methyl sites for hydroxylation is 1. The van der Waals surface area contributed by atoms with E-state index in [4.69, 9.17) is 4.74 Å². The molecule has 0 spiro atoms. The van der Waals surface area contributed by atoms with Gasteiger partial charge in [0.2, 0.25) is 5.88 Å². The summed E-state index contributed by atoms with van der Waals surface area (Å²) in [6.07, 6.45) is 1.72. The zero-order valence-corrected chi connectivity index (χ0v) is 12.4. The molecule has 20 heavy (non-hydrogen) atoms. The van der Waals surface area contributed by atoms with Crippen LogP contribution in [-0.2, 0) is 6.54 Å². The number of hydrogen-bond acceptors (Lipinski definition) is 5. The van der Waals surface area contributed by atoms with Gasteiger partial charge in [0.05, 0.1) is 6.20 Å². The standard InChI is InChI=1S/C14H21N5O/c1-5-15-7-11-12(8-16-14(17-11)9(2)3)20-13-6-10(4)18-19-13/h6,8-9,15H,5,7H2,1-4H3,(H,18,19). The number of hydrogen-bond donors (Lipinski definition) is 2. The first-order chi connectivity index (χ1) is 9.60. The molecule has 0 aliphatic rings. The second-order valence-electron chi connectivity index (χ2n) is 4.97. The summed E-state index contributed by atoms with van der Waals surface area (Å²) in [4.78, 5) is 8.92. The highest BCUT2D eigenvalue weighted by atomic mass is 16.5. The van der Waals surface area contributed by atoms with Crippen LogP contribution >= 0.6 is 0 Å². The monoisotopic (exact) mass is 275 g/mol. The van der Waals surface area contributed by atoms with E-state index in [1.165, 1.54) is 0 Å². The zero-order valence-electron chi connectivity index (χ0n) is 12.4. The highest BCUT2D eigenvalue weighted by Crippen LogP contribution is 2.23. The highest BCUT2D eigenvalue weighted by molar-refractivity contribution is 5.30. The molecular weight excluding hydrogens is 254 g/mol. The predicted molar refractivity (Wildman–Crippen MR) is 76.9 cm³/mol. The van der Waals surface area contributed by atoms with E-state index >= 15 is 0 Å². The summed E-state index contributed by atoms with van der Waals surface area (Å²) in [5.41, 5.74) is 1.80. The summed E-state index contributed by atoms with van der Waals surface area (Å²) in [5.74, 6) is 2.28. The van der Waals surface area contributed by atoms with Crippen LogP contribution in [0.2, 0.25) is 0 Å². The molecule has 2 aromatic rings. The molecule has 2 aromatic heterocycles. The third-order valence-corrected chi connectivity index (χ3v) is 2.80. The fraction of sp³-hybridized carbons (Fsp3) is 0.500. The van der Waals surface area contributed by atoms with Crippen LogP contribution in [0.5, 0.6) is 11.6 Å². The van der Waals surface area contributed by atoms with Crippen molar-refractivity contribution in [3.63, 3.8) is 0 Å². The summed E-state index contributed by atoms with van der Waals surface area (Å²) in [6.45, 7) is 9.66. The predicted octanol–water partition coefficient (Wildman–Crippen LogP) is 2.53. The third kappa shape index (κ3) is 3.54. The lowest BCUT2D eigenvalue weighted by atomic mass is 10.2. The SMILES string of the molecule is CCNCc1nc(C(C)C)ncc1Oc1cc(C)[nH]n1. The van der Waals surface area contributed by atoms with Crippen molar-refractivity contribution < 1.29 is 4.74 Å². The minimum atomic E-state index is 0.289. The van der Waals surface area contributed by atoms with Crippen LogP contribution in [0, 0.1) is 6.92 Å². The largest absolute Gasteiger partial charge is 0.434 e. The average molecular weight is 275 g/mol. The second-order valence-corrected chi connectivity index (χ2v) is 4.97. The lowest BCUT2D eigenvalue weighted by molar-refractivity contribution is 0.444. The van der Waals surface area contributed by atoms with Crippen molar-refractivity contribution in [2.45, 2.75) is 40.2 Å². The van der Waals surface area contributed by atoms with Gasteiger partial charge in [-0.1, -0.05) is 20.8 Å². The molecule has 6 nitrogen and oxygen atoms in total. The fourth-order valence-corrected chi connectivity index (χ4v) is 1.71. The summed E-state index contributed by atoms with van der Waals surface area (Å²) in [6, 6.07) is 1.84. The van der Waals surface area contributed by atoms with Crippen LogP contribution in [0.15, 0.2) is 12.3 Å². The Hall–Kier alpha value is -1.95. The highest BCUT2D eigenvalue weighted by Gasteiger charge is 2.12. The first-order valence-electron chi connectivity index (χ1n) is 6.86. The van der Waals surface area contributed by atoms with Crippen LogP contribution in [0.25, 0.3) is 0 Å². The van der Waals surface area contributed by atoms with E-state index in [2.05, 4.69) is 46.3 Å². The van der Waals surface area contributed by atoms with Gasteiger partial charge >= 0.3 is 0 Å². The van der Waals surface area contributed by atoms with E-state index in [0.717, 1.165) is 23.8 Å². The lowest BCUT2D eigenvalue weighted by Gasteiger charge is -2.11. The maximum Gasteiger partial charge on any atom is 0.238 e. The molecule has 0 atom stereocenters. The molecule has 6 heteroatoms. The van der Waals surface area contributed by atoms with Gasteiger partial charge < -0.3 is 10.1 Å². The van der Waals surface area contributed by atoms with E-state index in [-0.39, 0.29) is 5.92 Å². The molecule has 0 bridgehead atoms. The summed E-state index contributed by atoms with van der Waals surface area (Å²) < 4.78 is 5.75. The van der Waals surface area contributed by atoms with Gasteiger partial charge in [0.25, 0.3) is 0 Å². The van der Waals surface area contributed by atoms with Gasteiger partial charge in [0.1, 0.15) is 11.5 Å². The van der Waals surface area contributed by atoms with Gasteiger partial charge in [-0.15, -0.1) is 5.10 Å². The van der Waals surface area contributed by atoms with E-state index in [1.807, 2.05) is 13.0 Å². The molecule has 108 valence electrons. The van der Waals surface area contributed by atoms with Crippen LogP contribution < -0.4 is 10.1 Å². The molecule has 0 aliphatic carbocycles. The van der Waals surface area contributed by atoms with Crippen LogP contribution in [0.4, 0.5) is 0 Å². The molecule has 0 radical (unpaired) electrons. The number of ether oxygens (including phenoxy) is 1. The molecule has 0 fully saturated rings. The van der Waals surface area contributed by atoms with Crippen LogP contribution in [0.3, 0.4) is 0 Å². The van der Waals surface area contributed by atoms with Crippen molar-refractivity contribution in [3.8, 4) is 11.6 Å². The van der Waals surface area contributed by atoms with Gasteiger partial charge in [-0.25, -0.2) is 9.97 Å². The first-order valence-corrected chi connectivity index (χ1v) is 6.86. The first kappa shape index (κ1) is 14.5. The van der Waals surface area contributed by atoms with Crippen molar-refractivity contribution in [1.29, 1.82) is 0 Å². The quantitative estimate of drug-likeness (QED) is 0.847. The van der Waals surface area contributed by atoms with Crippen molar-refractivity contribution >= 4 is 0 Å². The Morgan fingerprint density at radius 1 is 1.40 bits per heavy atom. The van der Waals surface area contributed by atoms with Crippen LogP contribution in [0.1, 0.15) is 43.9 Å². The lowest BCUT2D eigenvalue weighted by Crippen LogP contribution is -2.15. The number of aromatic amines is 1. The molecule has 0 saturated carbocycles. The molecule has 0 amide bonds. The van der Waals surface area contributed by atoms with Gasteiger partial charge in [-0.2, -0.15) is 0 Å². The summed E-state index contributed by atoms with van der Waals surface area (Å²) >= 11 is 0. The topological polar surface area (TPSA) is 75.7 Å². The van der Waals surface area contributed by atoms with Gasteiger partial charge in [-0.3, -0.25) is 5.10 Å². The second kappa shape index (κ2) is 6.47. The molecule has 0 unspecified atom stereocenters. The maximum absolute atomic E-state index is 5.75. The maximum atomic E-state index is 5.75. The Balaban J connectivity index is 2.25. The Labute approximate surface area is 119 Å². The molecule has 2 heterocycles. The smallest absolute Gasteiger partial charge is 0.238 e. The zero-order chi connectivity index (χ0) is 14.5. The van der Waals surface area contributed by atoms with Gasteiger partial charge in [0.15, 0.2) is 5.75 Å². The minimum Gasteiger partial charge on any atom is -0.434 e. The summed E-state index contributed by atoms with van der Waals surface area (Å²) in [5, 5.41) is 10.2. The number of H-pyrrole nitrogens is 1. The molecule has 0 aliphatic heterocycles. The fourth-order valence-electron chi connectivity index (χ4n) is 1.71. The Kier molecular flexibility index (Phi) is 4.68. The van der Waals surface area contributed by atoms with E-state index in [1.54, 1.807) is 6.20 Å². The van der Waals surface area contributed by atoms with E-state index in [9.17, 15) is 0 Å². The molecule has 2 rings (SSSR count). The van der Waals surface area contributed by atoms with Crippen molar-refractivity contribution in [1.82, 2.24) is 25.5 Å². The number of rotatable bonds is 6. The number of nitrogens with one attached hydrogen (secondary N) is 2. The molecule has 0 saturated heterocycles. The van der Waals surface area contributed by atoms with Gasteiger partial charge in [0, 0.05) is 24.2 Å². The molecule has 2 N–H and O–H groups in total. The Bertz CT molecular complexity index is 564. The van der Waals surface area contributed by atoms with Crippen LogP contribution in [-0.4, -0.2) is 26.7 Å². The van der Waals surface area contributed by atoms with E-state index < -0.39 is 0 Å².